The lowest BCUT2D eigenvalue weighted by atomic mass is 9.88. The van der Waals surface area contributed by atoms with Gasteiger partial charge in [0.25, 0.3) is 0 Å². The molecule has 1 aromatic rings. The van der Waals surface area contributed by atoms with Crippen LogP contribution >= 0.6 is 8.69 Å². The van der Waals surface area contributed by atoms with Gasteiger partial charge in [0, 0.05) is 0 Å². The van der Waals surface area contributed by atoms with E-state index in [1.165, 1.54) is 68.9 Å². The summed E-state index contributed by atoms with van der Waals surface area (Å²) < 4.78 is 16.8. The molecule has 0 fully saturated rings. The largest absolute Gasteiger partial charge is 0.494 e. The number of benzene rings is 1. The molecule has 0 bridgehead atoms. The van der Waals surface area contributed by atoms with Gasteiger partial charge in [-0.25, -0.2) is 0 Å². The monoisotopic (exact) mass is 379 g/mol. The number of rotatable bonds is 16. The van der Waals surface area contributed by atoms with Crippen molar-refractivity contribution >= 4 is 8.69 Å². The zero-order valence-corrected chi connectivity index (χ0v) is 18.3. The van der Waals surface area contributed by atoms with Crippen molar-refractivity contribution in [1.29, 1.82) is 0 Å². The van der Waals surface area contributed by atoms with E-state index >= 15 is 0 Å². The normalized spacial score (nSPS) is 13.8. The van der Waals surface area contributed by atoms with E-state index in [1.807, 2.05) is 0 Å². The summed E-state index contributed by atoms with van der Waals surface area (Å²) in [5, 5.41) is 0. The Labute approximate surface area is 163 Å². The van der Waals surface area contributed by atoms with Crippen LogP contribution in [0.1, 0.15) is 109 Å². The number of aryl methyl sites for hydroxylation is 1. The Morgan fingerprint density at radius 2 is 1.46 bits per heavy atom. The van der Waals surface area contributed by atoms with E-state index in [9.17, 15) is 4.57 Å². The first-order chi connectivity index (χ1) is 12.8. The first kappa shape index (κ1) is 23.3. The lowest BCUT2D eigenvalue weighted by Crippen LogP contribution is -2.13. The summed E-state index contributed by atoms with van der Waals surface area (Å²) in [6, 6.07) is 8.86. The highest BCUT2D eigenvalue weighted by atomic mass is 31.1. The summed E-state index contributed by atoms with van der Waals surface area (Å²) in [5.74, 6) is 0.449. The van der Waals surface area contributed by atoms with E-state index in [-0.39, 0.29) is 6.10 Å². The number of unbranched alkanes of at least 4 members (excludes halogenated alkanes) is 7. The summed E-state index contributed by atoms with van der Waals surface area (Å²) in [4.78, 5) is 0. The predicted molar refractivity (Wildman–Crippen MR) is 114 cm³/mol. The Bertz CT molecular complexity index is 458. The van der Waals surface area contributed by atoms with E-state index in [0.29, 0.717) is 5.92 Å². The van der Waals surface area contributed by atoms with Crippen molar-refractivity contribution in [2.75, 3.05) is 0 Å². The standard InChI is InChI=1S/C23H40O2P/c1-4-7-9-10-11-12-13-14-20-16-18-22(19-17-20)23(25-26-24)21(6-3)15-8-5-2/h16-19,21,23,26H,4-15H2,1-3H3/q+1. The lowest BCUT2D eigenvalue weighted by molar-refractivity contribution is 0.140. The summed E-state index contributed by atoms with van der Waals surface area (Å²) in [5.41, 5.74) is 2.59. The van der Waals surface area contributed by atoms with Crippen LogP contribution in [0.4, 0.5) is 0 Å². The first-order valence-electron chi connectivity index (χ1n) is 10.9. The summed E-state index contributed by atoms with van der Waals surface area (Å²) in [6.45, 7) is 6.69. The second-order valence-electron chi connectivity index (χ2n) is 7.55. The highest BCUT2D eigenvalue weighted by Gasteiger charge is 2.25. The molecule has 0 saturated heterocycles. The van der Waals surface area contributed by atoms with Gasteiger partial charge in [0.15, 0.2) is 0 Å². The minimum absolute atomic E-state index is 0.0324. The Kier molecular flexibility index (Phi) is 13.8. The SMILES string of the molecule is CCCCCCCCCc1ccc(C(O[PH+]=O)C(CC)CCCC)cc1. The third-order valence-corrected chi connectivity index (χ3v) is 5.78. The van der Waals surface area contributed by atoms with Crippen LogP contribution < -0.4 is 0 Å². The van der Waals surface area contributed by atoms with Crippen molar-refractivity contribution in [2.45, 2.75) is 104 Å². The van der Waals surface area contributed by atoms with E-state index in [0.717, 1.165) is 19.3 Å². The van der Waals surface area contributed by atoms with Gasteiger partial charge in [-0.1, -0.05) is 103 Å². The second kappa shape index (κ2) is 15.3. The van der Waals surface area contributed by atoms with Crippen molar-refractivity contribution in [3.8, 4) is 0 Å². The minimum atomic E-state index is -0.689. The van der Waals surface area contributed by atoms with E-state index in [4.69, 9.17) is 4.52 Å². The maximum Gasteiger partial charge on any atom is 0.494 e. The lowest BCUT2D eigenvalue weighted by Gasteiger charge is -2.21. The number of hydrogen-bond donors (Lipinski definition) is 0. The van der Waals surface area contributed by atoms with E-state index in [2.05, 4.69) is 45.0 Å². The molecule has 2 nitrogen and oxygen atoms in total. The molecule has 0 spiro atoms. The van der Waals surface area contributed by atoms with Crippen LogP contribution in [0.25, 0.3) is 0 Å². The molecule has 3 atom stereocenters. The van der Waals surface area contributed by atoms with Gasteiger partial charge in [0.05, 0.1) is 0 Å². The third-order valence-electron chi connectivity index (χ3n) is 5.43. The van der Waals surface area contributed by atoms with Crippen molar-refractivity contribution < 1.29 is 9.09 Å². The van der Waals surface area contributed by atoms with Crippen LogP contribution in [0.2, 0.25) is 0 Å². The van der Waals surface area contributed by atoms with Crippen LogP contribution in [0.5, 0.6) is 0 Å². The summed E-state index contributed by atoms with van der Waals surface area (Å²) in [7, 11) is -0.689. The molecule has 1 aromatic carbocycles. The molecule has 0 saturated carbocycles. The smallest absolute Gasteiger partial charge is 0.139 e. The molecular formula is C23H40O2P+. The fourth-order valence-electron chi connectivity index (χ4n) is 3.68. The van der Waals surface area contributed by atoms with Crippen molar-refractivity contribution in [3.63, 3.8) is 0 Å². The van der Waals surface area contributed by atoms with Crippen LogP contribution in [0, 0.1) is 5.92 Å². The molecule has 0 aliphatic rings. The highest BCUT2D eigenvalue weighted by molar-refractivity contribution is 7.17. The van der Waals surface area contributed by atoms with E-state index in [1.54, 1.807) is 0 Å². The van der Waals surface area contributed by atoms with Gasteiger partial charge < -0.3 is 0 Å². The molecule has 0 aliphatic heterocycles. The van der Waals surface area contributed by atoms with Gasteiger partial charge in [-0.2, -0.15) is 0 Å². The average Bonchev–Trinajstić information content (AvgIpc) is 2.67. The molecule has 1 rings (SSSR count). The van der Waals surface area contributed by atoms with Gasteiger partial charge in [-0.15, -0.1) is 4.52 Å². The van der Waals surface area contributed by atoms with Crippen LogP contribution in [0.15, 0.2) is 24.3 Å². The van der Waals surface area contributed by atoms with Crippen molar-refractivity contribution in [3.05, 3.63) is 35.4 Å². The third kappa shape index (κ3) is 9.28. The molecule has 3 heteroatoms. The van der Waals surface area contributed by atoms with Crippen LogP contribution in [-0.2, 0) is 15.5 Å². The Morgan fingerprint density at radius 1 is 0.846 bits per heavy atom. The molecule has 148 valence electrons. The number of hydrogen-bond acceptors (Lipinski definition) is 2. The van der Waals surface area contributed by atoms with Crippen LogP contribution in [-0.4, -0.2) is 0 Å². The van der Waals surface area contributed by atoms with Gasteiger partial charge in [-0.05, 0) is 40.9 Å². The van der Waals surface area contributed by atoms with Crippen LogP contribution in [0.3, 0.4) is 0 Å². The van der Waals surface area contributed by atoms with E-state index < -0.39 is 8.69 Å². The quantitative estimate of drug-likeness (QED) is 0.214. The first-order valence-corrected chi connectivity index (χ1v) is 11.7. The maximum absolute atomic E-state index is 11.1. The molecule has 0 N–H and O–H groups in total. The molecule has 26 heavy (non-hydrogen) atoms. The van der Waals surface area contributed by atoms with Gasteiger partial charge in [0.1, 0.15) is 6.10 Å². The topological polar surface area (TPSA) is 26.3 Å². The molecule has 0 heterocycles. The van der Waals surface area contributed by atoms with Crippen molar-refractivity contribution in [2.24, 2.45) is 5.92 Å². The fraction of sp³-hybridized carbons (Fsp3) is 0.739. The average molecular weight is 380 g/mol. The Morgan fingerprint density at radius 3 is 2.04 bits per heavy atom. The molecule has 0 aromatic heterocycles. The molecule has 0 amide bonds. The van der Waals surface area contributed by atoms with Gasteiger partial charge in [-0.3, -0.25) is 0 Å². The molecular weight excluding hydrogens is 339 g/mol. The zero-order valence-electron chi connectivity index (χ0n) is 17.3. The van der Waals surface area contributed by atoms with Crippen molar-refractivity contribution in [1.82, 2.24) is 0 Å². The molecule has 0 radical (unpaired) electrons. The highest BCUT2D eigenvalue weighted by Crippen LogP contribution is 2.35. The summed E-state index contributed by atoms with van der Waals surface area (Å²) >= 11 is 0. The van der Waals surface area contributed by atoms with Gasteiger partial charge >= 0.3 is 8.69 Å². The molecule has 0 aliphatic carbocycles. The zero-order chi connectivity index (χ0) is 19.0. The predicted octanol–water partition coefficient (Wildman–Crippen LogP) is 8.19. The summed E-state index contributed by atoms with van der Waals surface area (Å²) in [6.07, 6.45) is 15.2. The minimum Gasteiger partial charge on any atom is -0.139 e. The Balaban J connectivity index is 2.50. The maximum atomic E-state index is 11.1. The fourth-order valence-corrected chi connectivity index (χ4v) is 4.12. The second-order valence-corrected chi connectivity index (χ2v) is 7.95. The molecule has 3 unspecified atom stereocenters. The van der Waals surface area contributed by atoms with Gasteiger partial charge in [0.2, 0.25) is 0 Å². The Hall–Kier alpha value is -0.720.